The van der Waals surface area contributed by atoms with E-state index in [1.165, 1.54) is 68.7 Å². The van der Waals surface area contributed by atoms with Gasteiger partial charge < -0.3 is 0 Å². The zero-order valence-electron chi connectivity index (χ0n) is 13.6. The van der Waals surface area contributed by atoms with Crippen molar-refractivity contribution < 1.29 is 18.1 Å². The lowest BCUT2D eigenvalue weighted by Crippen LogP contribution is -2.22. The number of nitro benzene ring substituents is 1. The van der Waals surface area contributed by atoms with Gasteiger partial charge in [0.25, 0.3) is 5.69 Å². The average Bonchev–Trinajstić information content (AvgIpc) is 2.59. The zero-order chi connectivity index (χ0) is 18.6. The third-order valence-corrected chi connectivity index (χ3v) is 5.22. The highest BCUT2D eigenvalue weighted by Gasteiger charge is 2.18. The van der Waals surface area contributed by atoms with Crippen LogP contribution in [0, 0.1) is 10.1 Å². The van der Waals surface area contributed by atoms with Gasteiger partial charge in [-0.1, -0.05) is 30.3 Å². The standard InChI is InChI=1S/C17H16N2O5S/c1-18(2)25(23,24)16-8-4-6-14(12-16)17(20)10-9-13-5-3-7-15(11-13)19(21)22/h3-12H,1-2H3/b10-9+. The highest BCUT2D eigenvalue weighted by Crippen LogP contribution is 2.17. The minimum absolute atomic E-state index is 0.0205. The summed E-state index contributed by atoms with van der Waals surface area (Å²) in [6.45, 7) is 0. The van der Waals surface area contributed by atoms with E-state index in [0.717, 1.165) is 4.31 Å². The second kappa shape index (κ2) is 7.37. The highest BCUT2D eigenvalue weighted by atomic mass is 32.2. The maximum Gasteiger partial charge on any atom is 0.270 e. The predicted molar refractivity (Wildman–Crippen MR) is 93.8 cm³/mol. The molecule has 0 fully saturated rings. The molecule has 25 heavy (non-hydrogen) atoms. The molecule has 0 radical (unpaired) electrons. The van der Waals surface area contributed by atoms with E-state index in [1.54, 1.807) is 6.07 Å². The lowest BCUT2D eigenvalue weighted by atomic mass is 10.1. The molecule has 0 unspecified atom stereocenters. The van der Waals surface area contributed by atoms with Crippen LogP contribution in [0.2, 0.25) is 0 Å². The second-order valence-corrected chi connectivity index (χ2v) is 7.52. The normalized spacial score (nSPS) is 11.8. The Labute approximate surface area is 145 Å². The number of nitrogens with zero attached hydrogens (tertiary/aromatic N) is 2. The van der Waals surface area contributed by atoms with Crippen molar-refractivity contribution >= 4 is 27.6 Å². The zero-order valence-corrected chi connectivity index (χ0v) is 14.4. The molecule has 2 aromatic carbocycles. The van der Waals surface area contributed by atoms with Crippen LogP contribution in [0.1, 0.15) is 15.9 Å². The quantitative estimate of drug-likeness (QED) is 0.341. The van der Waals surface area contributed by atoms with Crippen molar-refractivity contribution in [3.8, 4) is 0 Å². The first-order valence-corrected chi connectivity index (χ1v) is 8.65. The van der Waals surface area contributed by atoms with Crippen LogP contribution in [0.15, 0.2) is 59.5 Å². The first-order chi connectivity index (χ1) is 11.7. The maximum absolute atomic E-state index is 12.3. The molecule has 0 aromatic heterocycles. The smallest absolute Gasteiger partial charge is 0.270 e. The third kappa shape index (κ3) is 4.37. The Morgan fingerprint density at radius 1 is 1.12 bits per heavy atom. The van der Waals surface area contributed by atoms with Gasteiger partial charge in [-0.2, -0.15) is 0 Å². The average molecular weight is 360 g/mol. The lowest BCUT2D eigenvalue weighted by Gasteiger charge is -2.11. The molecule has 0 N–H and O–H groups in total. The first kappa shape index (κ1) is 18.5. The van der Waals surface area contributed by atoms with Crippen LogP contribution in [0.25, 0.3) is 6.08 Å². The fourth-order valence-electron chi connectivity index (χ4n) is 2.03. The van der Waals surface area contributed by atoms with Gasteiger partial charge in [-0.3, -0.25) is 14.9 Å². The van der Waals surface area contributed by atoms with E-state index >= 15 is 0 Å². The predicted octanol–water partition coefficient (Wildman–Crippen LogP) is 2.74. The van der Waals surface area contributed by atoms with E-state index in [1.807, 2.05) is 0 Å². The number of nitro groups is 1. The first-order valence-electron chi connectivity index (χ1n) is 7.21. The molecule has 7 nitrogen and oxygen atoms in total. The van der Waals surface area contributed by atoms with Crippen LogP contribution in [0.3, 0.4) is 0 Å². The summed E-state index contributed by atoms with van der Waals surface area (Å²) in [6.07, 6.45) is 2.70. The Bertz CT molecular complexity index is 949. The van der Waals surface area contributed by atoms with Crippen molar-refractivity contribution in [2.45, 2.75) is 4.90 Å². The summed E-state index contributed by atoms with van der Waals surface area (Å²) in [5, 5.41) is 10.8. The molecule has 0 heterocycles. The van der Waals surface area contributed by atoms with E-state index in [9.17, 15) is 23.3 Å². The van der Waals surface area contributed by atoms with E-state index in [2.05, 4.69) is 0 Å². The molecule has 0 aliphatic rings. The molecule has 0 saturated heterocycles. The number of carbonyl (C=O) groups is 1. The van der Waals surface area contributed by atoms with Gasteiger partial charge in [-0.05, 0) is 23.8 Å². The molecule has 0 atom stereocenters. The number of hydrogen-bond donors (Lipinski definition) is 0. The summed E-state index contributed by atoms with van der Waals surface area (Å²) in [5.41, 5.74) is 0.637. The van der Waals surface area contributed by atoms with Gasteiger partial charge in [-0.15, -0.1) is 0 Å². The Morgan fingerprint density at radius 3 is 2.44 bits per heavy atom. The van der Waals surface area contributed by atoms with Crippen LogP contribution in [-0.4, -0.2) is 37.5 Å². The van der Waals surface area contributed by atoms with E-state index < -0.39 is 20.7 Å². The molecule has 0 bridgehead atoms. The number of sulfonamides is 1. The minimum atomic E-state index is -3.63. The Balaban J connectivity index is 2.27. The van der Waals surface area contributed by atoms with E-state index in [4.69, 9.17) is 0 Å². The van der Waals surface area contributed by atoms with E-state index in [0.29, 0.717) is 5.56 Å². The van der Waals surface area contributed by atoms with Gasteiger partial charge in [-0.25, -0.2) is 12.7 Å². The summed E-state index contributed by atoms with van der Waals surface area (Å²) in [4.78, 5) is 22.5. The summed E-state index contributed by atoms with van der Waals surface area (Å²) < 4.78 is 25.3. The number of hydrogen-bond acceptors (Lipinski definition) is 5. The van der Waals surface area contributed by atoms with Crippen molar-refractivity contribution in [2.24, 2.45) is 0 Å². The monoisotopic (exact) mass is 360 g/mol. The summed E-state index contributed by atoms with van der Waals surface area (Å²) >= 11 is 0. The molecule has 130 valence electrons. The van der Waals surface area contributed by atoms with Crippen LogP contribution in [0.5, 0.6) is 0 Å². The van der Waals surface area contributed by atoms with Crippen LogP contribution in [0.4, 0.5) is 5.69 Å². The van der Waals surface area contributed by atoms with Crippen molar-refractivity contribution in [3.05, 3.63) is 75.8 Å². The number of allylic oxidation sites excluding steroid dienone is 1. The number of carbonyl (C=O) groups excluding carboxylic acids is 1. The topological polar surface area (TPSA) is 97.6 Å². The van der Waals surface area contributed by atoms with Crippen molar-refractivity contribution in [1.82, 2.24) is 4.31 Å². The molecule has 8 heteroatoms. The molecule has 0 amide bonds. The van der Waals surface area contributed by atoms with Gasteiger partial charge >= 0.3 is 0 Å². The van der Waals surface area contributed by atoms with Gasteiger partial charge in [0, 0.05) is 31.8 Å². The summed E-state index contributed by atoms with van der Waals surface area (Å²) in [6, 6.07) is 11.6. The number of benzene rings is 2. The largest absolute Gasteiger partial charge is 0.289 e. The molecule has 0 saturated carbocycles. The summed E-state index contributed by atoms with van der Waals surface area (Å²) in [7, 11) is -0.816. The van der Waals surface area contributed by atoms with Gasteiger partial charge in [0.05, 0.1) is 9.82 Å². The Kier molecular flexibility index (Phi) is 5.45. The number of non-ortho nitro benzene ring substituents is 1. The third-order valence-electron chi connectivity index (χ3n) is 3.41. The minimum Gasteiger partial charge on any atom is -0.289 e. The number of rotatable bonds is 6. The molecule has 2 rings (SSSR count). The Hall–Kier alpha value is -2.84. The lowest BCUT2D eigenvalue weighted by molar-refractivity contribution is -0.384. The van der Waals surface area contributed by atoms with E-state index in [-0.39, 0.29) is 16.1 Å². The van der Waals surface area contributed by atoms with Crippen molar-refractivity contribution in [3.63, 3.8) is 0 Å². The molecule has 0 aliphatic heterocycles. The van der Waals surface area contributed by atoms with Crippen molar-refractivity contribution in [1.29, 1.82) is 0 Å². The molecule has 2 aromatic rings. The fraction of sp³-hybridized carbons (Fsp3) is 0.118. The SMILES string of the molecule is CN(C)S(=O)(=O)c1cccc(C(=O)/C=C/c2cccc([N+](=O)[O-])c2)c1. The van der Waals surface area contributed by atoms with Crippen LogP contribution >= 0.6 is 0 Å². The number of ketones is 1. The molecule has 0 spiro atoms. The van der Waals surface area contributed by atoms with Gasteiger partial charge in [0.1, 0.15) is 0 Å². The molecular weight excluding hydrogens is 344 g/mol. The maximum atomic E-state index is 12.3. The molecule has 0 aliphatic carbocycles. The van der Waals surface area contributed by atoms with Crippen molar-refractivity contribution in [2.75, 3.05) is 14.1 Å². The second-order valence-electron chi connectivity index (χ2n) is 5.36. The fourth-order valence-corrected chi connectivity index (χ4v) is 2.98. The van der Waals surface area contributed by atoms with Gasteiger partial charge in [0.2, 0.25) is 10.0 Å². The summed E-state index contributed by atoms with van der Waals surface area (Å²) in [5.74, 6) is -0.401. The Morgan fingerprint density at radius 2 is 1.80 bits per heavy atom. The van der Waals surface area contributed by atoms with Crippen LogP contribution in [-0.2, 0) is 10.0 Å². The highest BCUT2D eigenvalue weighted by molar-refractivity contribution is 7.89. The van der Waals surface area contributed by atoms with Gasteiger partial charge in [0.15, 0.2) is 5.78 Å². The molecular formula is C17H16N2O5S. The van der Waals surface area contributed by atoms with Crippen LogP contribution < -0.4 is 0 Å².